The van der Waals surface area contributed by atoms with Crippen LogP contribution in [0, 0.1) is 0 Å². The van der Waals surface area contributed by atoms with Gasteiger partial charge in [0.05, 0.1) is 5.56 Å². The number of aromatic carboxylic acids is 1. The van der Waals surface area contributed by atoms with Crippen molar-refractivity contribution in [3.8, 4) is 10.4 Å². The van der Waals surface area contributed by atoms with Crippen molar-refractivity contribution in [1.29, 1.82) is 0 Å². The molecule has 7 heteroatoms. The lowest BCUT2D eigenvalue weighted by Crippen LogP contribution is -2.04. The molecule has 0 aliphatic heterocycles. The average molecular weight is 307 g/mol. The Labute approximate surface area is 115 Å². The van der Waals surface area contributed by atoms with E-state index in [1.54, 1.807) is 0 Å². The van der Waals surface area contributed by atoms with Crippen molar-refractivity contribution in [1.82, 2.24) is 0 Å². The molecule has 0 aliphatic carbocycles. The van der Waals surface area contributed by atoms with Gasteiger partial charge in [-0.15, -0.1) is 11.3 Å². The molecule has 0 spiro atoms. The predicted octanol–water partition coefficient (Wildman–Crippen LogP) is 4.79. The fraction of sp³-hybridized carbons (Fsp3) is 0.0833. The molecule has 1 N–H and O–H groups in total. The van der Waals surface area contributed by atoms with Crippen LogP contribution in [0.4, 0.5) is 13.2 Å². The summed E-state index contributed by atoms with van der Waals surface area (Å²) in [5.74, 6) is -1.12. The molecule has 0 bridgehead atoms. The molecule has 2 rings (SSSR count). The van der Waals surface area contributed by atoms with Crippen LogP contribution in [-0.2, 0) is 6.18 Å². The number of carboxylic acids is 1. The van der Waals surface area contributed by atoms with Gasteiger partial charge in [0.1, 0.15) is 4.88 Å². The molecule has 0 aliphatic rings. The summed E-state index contributed by atoms with van der Waals surface area (Å²) in [6.45, 7) is 0. The monoisotopic (exact) mass is 306 g/mol. The summed E-state index contributed by atoms with van der Waals surface area (Å²) in [7, 11) is 0. The number of carboxylic acid groups (broad SMARTS) is 1. The van der Waals surface area contributed by atoms with Crippen molar-refractivity contribution in [2.24, 2.45) is 0 Å². The molecular weight excluding hydrogens is 301 g/mol. The normalized spacial score (nSPS) is 11.6. The van der Waals surface area contributed by atoms with Crippen molar-refractivity contribution in [3.05, 3.63) is 45.8 Å². The number of benzene rings is 1. The molecule has 0 amide bonds. The van der Waals surface area contributed by atoms with Gasteiger partial charge in [0.25, 0.3) is 0 Å². The SMILES string of the molecule is O=C(O)c1ccc(-c2cc(Cl)cc(C(F)(F)F)c2)s1. The lowest BCUT2D eigenvalue weighted by atomic mass is 10.1. The first-order valence-corrected chi connectivity index (χ1v) is 6.18. The maximum atomic E-state index is 12.6. The van der Waals surface area contributed by atoms with Gasteiger partial charge in [-0.25, -0.2) is 4.79 Å². The Bertz CT molecular complexity index is 634. The van der Waals surface area contributed by atoms with Crippen LogP contribution in [0.5, 0.6) is 0 Å². The zero-order valence-corrected chi connectivity index (χ0v) is 10.7. The smallest absolute Gasteiger partial charge is 0.416 e. The molecule has 19 heavy (non-hydrogen) atoms. The second-order valence-electron chi connectivity index (χ2n) is 3.70. The first-order valence-electron chi connectivity index (χ1n) is 4.98. The standard InChI is InChI=1S/C12H6ClF3O2S/c13-8-4-6(3-7(5-8)12(14,15)16)9-1-2-10(19-9)11(17)18/h1-5H,(H,17,18). The van der Waals surface area contributed by atoms with Gasteiger partial charge in [-0.3, -0.25) is 0 Å². The highest BCUT2D eigenvalue weighted by Crippen LogP contribution is 2.36. The van der Waals surface area contributed by atoms with Crippen molar-refractivity contribution in [3.63, 3.8) is 0 Å². The summed E-state index contributed by atoms with van der Waals surface area (Å²) in [5, 5.41) is 8.74. The highest BCUT2D eigenvalue weighted by molar-refractivity contribution is 7.17. The van der Waals surface area contributed by atoms with Gasteiger partial charge in [0.2, 0.25) is 0 Å². The fourth-order valence-electron chi connectivity index (χ4n) is 1.50. The third kappa shape index (κ3) is 3.08. The van der Waals surface area contributed by atoms with E-state index in [4.69, 9.17) is 16.7 Å². The van der Waals surface area contributed by atoms with Crippen molar-refractivity contribution in [2.75, 3.05) is 0 Å². The molecule has 0 saturated heterocycles. The molecule has 1 aromatic carbocycles. The number of halogens is 4. The largest absolute Gasteiger partial charge is 0.477 e. The lowest BCUT2D eigenvalue weighted by molar-refractivity contribution is -0.137. The summed E-state index contributed by atoms with van der Waals surface area (Å²) < 4.78 is 37.9. The van der Waals surface area contributed by atoms with E-state index in [0.29, 0.717) is 4.88 Å². The first-order chi connectivity index (χ1) is 8.77. The first kappa shape index (κ1) is 13.9. The van der Waals surface area contributed by atoms with E-state index >= 15 is 0 Å². The number of alkyl halides is 3. The lowest BCUT2D eigenvalue weighted by Gasteiger charge is -2.09. The second-order valence-corrected chi connectivity index (χ2v) is 5.22. The molecule has 1 aromatic heterocycles. The maximum Gasteiger partial charge on any atom is 0.416 e. The molecule has 100 valence electrons. The van der Waals surface area contributed by atoms with Crippen LogP contribution in [0.3, 0.4) is 0 Å². The molecule has 0 fully saturated rings. The number of thiophene rings is 1. The van der Waals surface area contributed by atoms with Gasteiger partial charge in [-0.2, -0.15) is 13.2 Å². The molecule has 0 atom stereocenters. The molecule has 0 radical (unpaired) electrons. The van der Waals surface area contributed by atoms with Crippen molar-refractivity contribution < 1.29 is 23.1 Å². The Kier molecular flexibility index (Phi) is 3.56. The Morgan fingerprint density at radius 2 is 1.89 bits per heavy atom. The van der Waals surface area contributed by atoms with E-state index in [9.17, 15) is 18.0 Å². The Hall–Kier alpha value is -1.53. The Balaban J connectivity index is 2.50. The van der Waals surface area contributed by atoms with E-state index in [-0.39, 0.29) is 15.5 Å². The summed E-state index contributed by atoms with van der Waals surface area (Å²) >= 11 is 6.56. The molecule has 0 saturated carbocycles. The number of carbonyl (C=O) groups is 1. The Morgan fingerprint density at radius 1 is 1.21 bits per heavy atom. The summed E-state index contributed by atoms with van der Waals surface area (Å²) in [6, 6.07) is 5.95. The zero-order chi connectivity index (χ0) is 14.2. The number of hydrogen-bond donors (Lipinski definition) is 1. The van der Waals surface area contributed by atoms with Crippen LogP contribution < -0.4 is 0 Å². The van der Waals surface area contributed by atoms with Crippen LogP contribution in [-0.4, -0.2) is 11.1 Å². The van der Waals surface area contributed by atoms with E-state index < -0.39 is 17.7 Å². The van der Waals surface area contributed by atoms with E-state index in [1.807, 2.05) is 0 Å². The van der Waals surface area contributed by atoms with Gasteiger partial charge in [0, 0.05) is 9.90 Å². The fourth-order valence-corrected chi connectivity index (χ4v) is 2.57. The van der Waals surface area contributed by atoms with Gasteiger partial charge in [0.15, 0.2) is 0 Å². The van der Waals surface area contributed by atoms with E-state index in [0.717, 1.165) is 23.5 Å². The highest BCUT2D eigenvalue weighted by Gasteiger charge is 2.31. The minimum absolute atomic E-state index is 0.0462. The molecule has 2 nitrogen and oxygen atoms in total. The van der Waals surface area contributed by atoms with Crippen molar-refractivity contribution >= 4 is 28.9 Å². The highest BCUT2D eigenvalue weighted by atomic mass is 35.5. The molecule has 2 aromatic rings. The summed E-state index contributed by atoms with van der Waals surface area (Å²) in [4.78, 5) is 11.2. The van der Waals surface area contributed by atoms with Crippen LogP contribution in [0.2, 0.25) is 5.02 Å². The number of hydrogen-bond acceptors (Lipinski definition) is 2. The molecular formula is C12H6ClF3O2S. The minimum Gasteiger partial charge on any atom is -0.477 e. The third-order valence-corrected chi connectivity index (χ3v) is 3.67. The molecule has 0 unspecified atom stereocenters. The van der Waals surface area contributed by atoms with E-state index in [1.165, 1.54) is 18.2 Å². The van der Waals surface area contributed by atoms with Crippen LogP contribution >= 0.6 is 22.9 Å². The summed E-state index contributed by atoms with van der Waals surface area (Å²) in [5.41, 5.74) is -0.613. The third-order valence-electron chi connectivity index (χ3n) is 2.33. The topological polar surface area (TPSA) is 37.3 Å². The van der Waals surface area contributed by atoms with Crippen LogP contribution in [0.15, 0.2) is 30.3 Å². The summed E-state index contributed by atoms with van der Waals surface area (Å²) in [6.07, 6.45) is -4.49. The quantitative estimate of drug-likeness (QED) is 0.866. The van der Waals surface area contributed by atoms with Gasteiger partial charge in [-0.05, 0) is 35.9 Å². The van der Waals surface area contributed by atoms with Crippen LogP contribution in [0.25, 0.3) is 10.4 Å². The minimum atomic E-state index is -4.49. The Morgan fingerprint density at radius 3 is 2.42 bits per heavy atom. The van der Waals surface area contributed by atoms with Crippen molar-refractivity contribution in [2.45, 2.75) is 6.18 Å². The predicted molar refractivity (Wildman–Crippen MR) is 66.7 cm³/mol. The van der Waals surface area contributed by atoms with E-state index in [2.05, 4.69) is 0 Å². The zero-order valence-electron chi connectivity index (χ0n) is 9.16. The van der Waals surface area contributed by atoms with Gasteiger partial charge >= 0.3 is 12.1 Å². The van der Waals surface area contributed by atoms with Crippen LogP contribution in [0.1, 0.15) is 15.2 Å². The van der Waals surface area contributed by atoms with Gasteiger partial charge < -0.3 is 5.11 Å². The molecule has 1 heterocycles. The van der Waals surface area contributed by atoms with Gasteiger partial charge in [-0.1, -0.05) is 11.6 Å². The number of rotatable bonds is 2. The maximum absolute atomic E-state index is 12.6. The average Bonchev–Trinajstić information content (AvgIpc) is 2.76. The second kappa shape index (κ2) is 4.86.